The van der Waals surface area contributed by atoms with Gasteiger partial charge < -0.3 is 10.0 Å². The van der Waals surface area contributed by atoms with Gasteiger partial charge in [-0.05, 0) is 51.4 Å². The highest BCUT2D eigenvalue weighted by Gasteiger charge is 2.51. The highest BCUT2D eigenvalue weighted by molar-refractivity contribution is 5.85. The van der Waals surface area contributed by atoms with Crippen molar-refractivity contribution in [2.24, 2.45) is 5.92 Å². The molecule has 1 fully saturated rings. The highest BCUT2D eigenvalue weighted by Crippen LogP contribution is 2.56. The average molecular weight is 374 g/mol. The lowest BCUT2D eigenvalue weighted by Crippen LogP contribution is -2.42. The first-order valence-electron chi connectivity index (χ1n) is 10.3. The standard InChI is InChI=1S/C24H27N3O/c1-3-27-23-19-11-7-8-12-20(19)24(28,18-13-15-26(2)16-14-18)21(23)22(25-27)17-9-5-4-6-10-17/h4-12,18,28H,3,13-16H2,1-2H3. The fourth-order valence-corrected chi connectivity index (χ4v) is 5.13. The van der Waals surface area contributed by atoms with E-state index >= 15 is 0 Å². The number of piperidine rings is 1. The summed E-state index contributed by atoms with van der Waals surface area (Å²) >= 11 is 0. The fraction of sp³-hybridized carbons (Fsp3) is 0.375. The molecule has 0 radical (unpaired) electrons. The van der Waals surface area contributed by atoms with Gasteiger partial charge in [-0.1, -0.05) is 54.6 Å². The molecule has 1 saturated heterocycles. The molecule has 4 nitrogen and oxygen atoms in total. The van der Waals surface area contributed by atoms with E-state index in [0.29, 0.717) is 0 Å². The molecule has 0 bridgehead atoms. The third-order valence-corrected chi connectivity index (χ3v) is 6.58. The maximum atomic E-state index is 12.4. The van der Waals surface area contributed by atoms with Gasteiger partial charge in [-0.2, -0.15) is 5.10 Å². The first-order valence-corrected chi connectivity index (χ1v) is 10.3. The van der Waals surface area contributed by atoms with E-state index in [1.54, 1.807) is 0 Å². The summed E-state index contributed by atoms with van der Waals surface area (Å²) in [5.41, 5.74) is 5.31. The maximum Gasteiger partial charge on any atom is 0.122 e. The number of nitrogens with zero attached hydrogens (tertiary/aromatic N) is 3. The molecule has 0 spiro atoms. The summed E-state index contributed by atoms with van der Waals surface area (Å²) in [4.78, 5) is 2.36. The molecule has 1 aliphatic heterocycles. The lowest BCUT2D eigenvalue weighted by atomic mass is 9.74. The minimum absolute atomic E-state index is 0.197. The monoisotopic (exact) mass is 373 g/mol. The Morgan fingerprint density at radius 3 is 2.43 bits per heavy atom. The van der Waals surface area contributed by atoms with Gasteiger partial charge in [0.15, 0.2) is 0 Å². The van der Waals surface area contributed by atoms with Crippen molar-refractivity contribution in [1.29, 1.82) is 0 Å². The molecular formula is C24H27N3O. The molecule has 2 heterocycles. The van der Waals surface area contributed by atoms with E-state index in [1.165, 1.54) is 0 Å². The predicted octanol–water partition coefficient (Wildman–Crippen LogP) is 4.13. The number of aromatic nitrogens is 2. The van der Waals surface area contributed by atoms with E-state index in [0.717, 1.165) is 66.1 Å². The van der Waals surface area contributed by atoms with Crippen LogP contribution in [-0.4, -0.2) is 39.9 Å². The minimum atomic E-state index is -0.980. The largest absolute Gasteiger partial charge is 0.380 e. The van der Waals surface area contributed by atoms with Crippen LogP contribution in [0.5, 0.6) is 0 Å². The van der Waals surface area contributed by atoms with Crippen LogP contribution in [0.4, 0.5) is 0 Å². The smallest absolute Gasteiger partial charge is 0.122 e. The second-order valence-corrected chi connectivity index (χ2v) is 8.14. The predicted molar refractivity (Wildman–Crippen MR) is 112 cm³/mol. The molecule has 0 saturated carbocycles. The molecular weight excluding hydrogens is 346 g/mol. The first kappa shape index (κ1) is 17.7. The van der Waals surface area contributed by atoms with Crippen molar-refractivity contribution >= 4 is 0 Å². The van der Waals surface area contributed by atoms with Crippen LogP contribution in [0.1, 0.15) is 30.9 Å². The number of aliphatic hydroxyl groups is 1. The molecule has 1 aromatic heterocycles. The van der Waals surface area contributed by atoms with Gasteiger partial charge in [0, 0.05) is 23.2 Å². The Bertz CT molecular complexity index is 1000. The Morgan fingerprint density at radius 1 is 1.04 bits per heavy atom. The van der Waals surface area contributed by atoms with Crippen molar-refractivity contribution in [3.8, 4) is 22.5 Å². The van der Waals surface area contributed by atoms with Gasteiger partial charge in [0.25, 0.3) is 0 Å². The molecule has 144 valence electrons. The number of likely N-dealkylation sites (tertiary alicyclic amines) is 1. The van der Waals surface area contributed by atoms with E-state index in [4.69, 9.17) is 5.10 Å². The second-order valence-electron chi connectivity index (χ2n) is 8.14. The topological polar surface area (TPSA) is 41.3 Å². The molecule has 4 heteroatoms. The summed E-state index contributed by atoms with van der Waals surface area (Å²) in [6.07, 6.45) is 1.98. The Balaban J connectivity index is 1.78. The molecule has 0 amide bonds. The van der Waals surface area contributed by atoms with Crippen molar-refractivity contribution < 1.29 is 5.11 Å². The summed E-state index contributed by atoms with van der Waals surface area (Å²) < 4.78 is 2.07. The zero-order chi connectivity index (χ0) is 19.3. The van der Waals surface area contributed by atoms with Crippen LogP contribution >= 0.6 is 0 Å². The lowest BCUT2D eigenvalue weighted by molar-refractivity contribution is -0.00679. The SMILES string of the molecule is CCn1nc(-c2ccccc2)c2c1-c1ccccc1C2(O)C1CCN(C)CC1. The second kappa shape index (κ2) is 6.57. The third kappa shape index (κ3) is 2.41. The first-order chi connectivity index (χ1) is 13.6. The van der Waals surface area contributed by atoms with Crippen LogP contribution < -0.4 is 0 Å². The molecule has 1 atom stereocenters. The van der Waals surface area contributed by atoms with Crippen LogP contribution in [0.2, 0.25) is 0 Å². The van der Waals surface area contributed by atoms with Gasteiger partial charge >= 0.3 is 0 Å². The Kier molecular flexibility index (Phi) is 4.14. The van der Waals surface area contributed by atoms with Crippen LogP contribution in [0, 0.1) is 5.92 Å². The summed E-state index contributed by atoms with van der Waals surface area (Å²) in [6.45, 7) is 4.95. The summed E-state index contributed by atoms with van der Waals surface area (Å²) in [7, 11) is 2.17. The Labute approximate surface area is 166 Å². The van der Waals surface area contributed by atoms with Gasteiger partial charge in [0.05, 0.1) is 11.4 Å². The number of benzene rings is 2. The molecule has 3 aromatic rings. The van der Waals surface area contributed by atoms with E-state index in [9.17, 15) is 5.11 Å². The fourth-order valence-electron chi connectivity index (χ4n) is 5.13. The van der Waals surface area contributed by atoms with Crippen LogP contribution in [0.25, 0.3) is 22.5 Å². The normalized spacial score (nSPS) is 22.2. The molecule has 1 N–H and O–H groups in total. The van der Waals surface area contributed by atoms with E-state index < -0.39 is 5.60 Å². The summed E-state index contributed by atoms with van der Waals surface area (Å²) in [5.74, 6) is 0.197. The van der Waals surface area contributed by atoms with E-state index in [2.05, 4.69) is 60.0 Å². The summed E-state index contributed by atoms with van der Waals surface area (Å²) in [5, 5.41) is 17.4. The average Bonchev–Trinajstić information content (AvgIpc) is 3.25. The number of aryl methyl sites for hydroxylation is 1. The quantitative estimate of drug-likeness (QED) is 0.751. The third-order valence-electron chi connectivity index (χ3n) is 6.58. The van der Waals surface area contributed by atoms with Crippen molar-refractivity contribution in [2.45, 2.75) is 31.9 Å². The zero-order valence-corrected chi connectivity index (χ0v) is 16.6. The lowest BCUT2D eigenvalue weighted by Gasteiger charge is -2.39. The summed E-state index contributed by atoms with van der Waals surface area (Å²) in [6, 6.07) is 18.7. The van der Waals surface area contributed by atoms with E-state index in [1.807, 2.05) is 18.2 Å². The minimum Gasteiger partial charge on any atom is -0.380 e. The molecule has 2 aromatic carbocycles. The number of hydrogen-bond donors (Lipinski definition) is 1. The Morgan fingerprint density at radius 2 is 1.71 bits per heavy atom. The van der Waals surface area contributed by atoms with Gasteiger partial charge in [-0.3, -0.25) is 4.68 Å². The molecule has 1 unspecified atom stereocenters. The Hall–Kier alpha value is -2.43. The number of hydrogen-bond acceptors (Lipinski definition) is 3. The van der Waals surface area contributed by atoms with Crippen LogP contribution in [-0.2, 0) is 12.1 Å². The van der Waals surface area contributed by atoms with Gasteiger partial charge in [0.1, 0.15) is 5.60 Å². The van der Waals surface area contributed by atoms with Crippen molar-refractivity contribution in [3.63, 3.8) is 0 Å². The zero-order valence-electron chi connectivity index (χ0n) is 16.6. The molecule has 2 aliphatic rings. The van der Waals surface area contributed by atoms with Crippen LogP contribution in [0.3, 0.4) is 0 Å². The highest BCUT2D eigenvalue weighted by atomic mass is 16.3. The van der Waals surface area contributed by atoms with E-state index in [-0.39, 0.29) is 5.92 Å². The van der Waals surface area contributed by atoms with Crippen molar-refractivity contribution in [2.75, 3.05) is 20.1 Å². The van der Waals surface area contributed by atoms with Gasteiger partial charge in [-0.15, -0.1) is 0 Å². The number of fused-ring (bicyclic) bond motifs is 3. The molecule has 28 heavy (non-hydrogen) atoms. The molecule has 1 aliphatic carbocycles. The van der Waals surface area contributed by atoms with Crippen LogP contribution in [0.15, 0.2) is 54.6 Å². The van der Waals surface area contributed by atoms with Gasteiger partial charge in [-0.25, -0.2) is 0 Å². The van der Waals surface area contributed by atoms with Crippen molar-refractivity contribution in [3.05, 3.63) is 65.7 Å². The maximum absolute atomic E-state index is 12.4. The molecule has 5 rings (SSSR count). The van der Waals surface area contributed by atoms with Crippen molar-refractivity contribution in [1.82, 2.24) is 14.7 Å². The van der Waals surface area contributed by atoms with Gasteiger partial charge in [0.2, 0.25) is 0 Å². The number of rotatable bonds is 3.